The Labute approximate surface area is 64.8 Å². The van der Waals surface area contributed by atoms with Crippen molar-refractivity contribution in [2.24, 2.45) is 10.9 Å². The minimum atomic E-state index is -0.917. The Morgan fingerprint density at radius 3 is 3.00 bits per heavy atom. The molecule has 2 aliphatic heterocycles. The molecule has 0 aromatic heterocycles. The van der Waals surface area contributed by atoms with Crippen LogP contribution in [0.3, 0.4) is 0 Å². The highest BCUT2D eigenvalue weighted by Crippen LogP contribution is 2.41. The van der Waals surface area contributed by atoms with Gasteiger partial charge in [0.15, 0.2) is 0 Å². The van der Waals surface area contributed by atoms with Gasteiger partial charge in [-0.1, -0.05) is 0 Å². The molecule has 0 saturated carbocycles. The molecule has 3 unspecified atom stereocenters. The molecular weight excluding hydrogens is 146 g/mol. The Kier molecular flexibility index (Phi) is 1.49. The third kappa shape index (κ3) is 0.834. The molecule has 2 saturated heterocycles. The van der Waals surface area contributed by atoms with Gasteiger partial charge in [0.2, 0.25) is 0 Å². The van der Waals surface area contributed by atoms with Gasteiger partial charge in [-0.3, -0.25) is 0 Å². The van der Waals surface area contributed by atoms with Crippen molar-refractivity contribution in [2.75, 3.05) is 13.2 Å². The molecule has 2 aliphatic rings. The van der Waals surface area contributed by atoms with E-state index in [0.29, 0.717) is 13.2 Å². The molecular formula is C7H11NO3. The van der Waals surface area contributed by atoms with Crippen LogP contribution in [0, 0.1) is 5.92 Å². The van der Waals surface area contributed by atoms with Crippen LogP contribution in [-0.2, 0) is 9.47 Å². The Morgan fingerprint density at radius 1 is 1.55 bits per heavy atom. The van der Waals surface area contributed by atoms with Crippen molar-refractivity contribution in [2.45, 2.75) is 18.4 Å². The summed E-state index contributed by atoms with van der Waals surface area (Å²) in [5, 5.41) is 9.40. The maximum absolute atomic E-state index is 9.40. The van der Waals surface area contributed by atoms with Gasteiger partial charge < -0.3 is 14.6 Å². The van der Waals surface area contributed by atoms with E-state index in [1.54, 1.807) is 0 Å². The monoisotopic (exact) mass is 157 g/mol. The van der Waals surface area contributed by atoms with Crippen LogP contribution in [0.5, 0.6) is 0 Å². The van der Waals surface area contributed by atoms with Crippen molar-refractivity contribution in [1.82, 2.24) is 0 Å². The van der Waals surface area contributed by atoms with Crippen LogP contribution in [-0.4, -0.2) is 37.1 Å². The molecule has 1 N–H and O–H groups in total. The van der Waals surface area contributed by atoms with Crippen LogP contribution in [0.15, 0.2) is 4.99 Å². The summed E-state index contributed by atoms with van der Waals surface area (Å²) in [4.78, 5) is 3.78. The summed E-state index contributed by atoms with van der Waals surface area (Å²) in [5.74, 6) is -0.931. The van der Waals surface area contributed by atoms with Crippen LogP contribution in [0.1, 0.15) is 6.42 Å². The highest BCUT2D eigenvalue weighted by Gasteiger charge is 2.54. The van der Waals surface area contributed by atoms with Crippen molar-refractivity contribution >= 4 is 6.72 Å². The lowest BCUT2D eigenvalue weighted by Gasteiger charge is -2.21. The lowest BCUT2D eigenvalue weighted by Crippen LogP contribution is -2.32. The fourth-order valence-corrected chi connectivity index (χ4v) is 1.74. The predicted molar refractivity (Wildman–Crippen MR) is 38.3 cm³/mol. The molecule has 4 heteroatoms. The third-order valence-electron chi connectivity index (χ3n) is 2.35. The summed E-state index contributed by atoms with van der Waals surface area (Å²) in [6, 6.07) is 0. The van der Waals surface area contributed by atoms with Crippen LogP contribution in [0.25, 0.3) is 0 Å². The van der Waals surface area contributed by atoms with Crippen molar-refractivity contribution in [3.8, 4) is 0 Å². The normalized spacial score (nSPS) is 49.2. The summed E-state index contributed by atoms with van der Waals surface area (Å²) in [5.41, 5.74) is 0. The first-order valence-electron chi connectivity index (χ1n) is 3.72. The summed E-state index contributed by atoms with van der Waals surface area (Å²) < 4.78 is 10.5. The maximum atomic E-state index is 9.40. The molecule has 2 fully saturated rings. The van der Waals surface area contributed by atoms with E-state index in [9.17, 15) is 5.11 Å². The second-order valence-corrected chi connectivity index (χ2v) is 2.91. The first-order chi connectivity index (χ1) is 5.28. The van der Waals surface area contributed by atoms with Crippen molar-refractivity contribution < 1.29 is 14.6 Å². The van der Waals surface area contributed by atoms with Gasteiger partial charge in [-0.15, -0.1) is 0 Å². The Morgan fingerprint density at radius 2 is 2.36 bits per heavy atom. The van der Waals surface area contributed by atoms with Gasteiger partial charge in [0, 0.05) is 0 Å². The quantitative estimate of drug-likeness (QED) is 0.535. The predicted octanol–water partition coefficient (Wildman–Crippen LogP) is -0.232. The molecule has 0 radical (unpaired) electrons. The van der Waals surface area contributed by atoms with E-state index in [0.717, 1.165) is 6.42 Å². The van der Waals surface area contributed by atoms with Crippen LogP contribution in [0.2, 0.25) is 0 Å². The first kappa shape index (κ1) is 7.21. The molecule has 4 nitrogen and oxygen atoms in total. The summed E-state index contributed by atoms with van der Waals surface area (Å²) >= 11 is 0. The number of nitrogens with zero attached hydrogens (tertiary/aromatic N) is 1. The fraction of sp³-hybridized carbons (Fsp3) is 0.857. The minimum Gasteiger partial charge on any atom is -0.390 e. The molecule has 11 heavy (non-hydrogen) atoms. The molecule has 2 heterocycles. The van der Waals surface area contributed by atoms with E-state index in [2.05, 4.69) is 11.7 Å². The highest BCUT2D eigenvalue weighted by atomic mass is 16.7. The van der Waals surface area contributed by atoms with Gasteiger partial charge in [0.25, 0.3) is 5.91 Å². The van der Waals surface area contributed by atoms with E-state index in [1.807, 2.05) is 0 Å². The Bertz CT molecular complexity index is 185. The zero-order valence-electron chi connectivity index (χ0n) is 6.19. The maximum Gasteiger partial charge on any atom is 0.274 e. The van der Waals surface area contributed by atoms with Gasteiger partial charge in [-0.2, -0.15) is 0 Å². The Balaban J connectivity index is 2.25. The average molecular weight is 157 g/mol. The van der Waals surface area contributed by atoms with Crippen LogP contribution >= 0.6 is 0 Å². The molecule has 3 atom stereocenters. The number of aliphatic imine (C=N–C) groups is 1. The number of hydrogen-bond donors (Lipinski definition) is 1. The standard InChI is InChI=1S/C7H11NO3/c1-8-7-5(2-3-10-7)6(9)4-11-7/h5-6,9H,1-4H2. The fourth-order valence-electron chi connectivity index (χ4n) is 1.74. The minimum absolute atomic E-state index is 0.0139. The summed E-state index contributed by atoms with van der Waals surface area (Å²) in [6.45, 7) is 4.31. The van der Waals surface area contributed by atoms with Gasteiger partial charge in [0.05, 0.1) is 25.2 Å². The summed E-state index contributed by atoms with van der Waals surface area (Å²) in [7, 11) is 0. The molecule has 0 aliphatic carbocycles. The van der Waals surface area contributed by atoms with E-state index >= 15 is 0 Å². The van der Waals surface area contributed by atoms with Gasteiger partial charge >= 0.3 is 0 Å². The van der Waals surface area contributed by atoms with E-state index < -0.39 is 12.0 Å². The second-order valence-electron chi connectivity index (χ2n) is 2.91. The van der Waals surface area contributed by atoms with Gasteiger partial charge in [0.1, 0.15) is 0 Å². The zero-order chi connectivity index (χ0) is 7.90. The van der Waals surface area contributed by atoms with Crippen LogP contribution in [0.4, 0.5) is 0 Å². The molecule has 0 aromatic rings. The summed E-state index contributed by atoms with van der Waals surface area (Å²) in [6.07, 6.45) is 0.364. The number of fused-ring (bicyclic) bond motifs is 1. The number of hydrogen-bond acceptors (Lipinski definition) is 4. The van der Waals surface area contributed by atoms with Gasteiger partial charge in [-0.05, 0) is 13.1 Å². The van der Waals surface area contributed by atoms with Gasteiger partial charge in [-0.25, -0.2) is 4.99 Å². The zero-order valence-corrected chi connectivity index (χ0v) is 6.19. The lowest BCUT2D eigenvalue weighted by atomic mass is 10.0. The number of ether oxygens (including phenoxy) is 2. The Hall–Kier alpha value is -0.450. The van der Waals surface area contributed by atoms with Crippen molar-refractivity contribution in [3.05, 3.63) is 0 Å². The topological polar surface area (TPSA) is 51.0 Å². The smallest absolute Gasteiger partial charge is 0.274 e. The SMILES string of the molecule is C=NC12OCCC1C(O)CO2. The first-order valence-corrected chi connectivity index (χ1v) is 3.72. The molecule has 0 amide bonds. The highest BCUT2D eigenvalue weighted by molar-refractivity contribution is 5.25. The van der Waals surface area contributed by atoms with E-state index in [-0.39, 0.29) is 5.92 Å². The van der Waals surface area contributed by atoms with E-state index in [1.165, 1.54) is 0 Å². The molecule has 0 spiro atoms. The lowest BCUT2D eigenvalue weighted by molar-refractivity contribution is -0.188. The largest absolute Gasteiger partial charge is 0.390 e. The average Bonchev–Trinajstić information content (AvgIpc) is 2.53. The van der Waals surface area contributed by atoms with Crippen LogP contribution < -0.4 is 0 Å². The number of aliphatic hydroxyl groups excluding tert-OH is 1. The molecule has 0 bridgehead atoms. The number of rotatable bonds is 1. The van der Waals surface area contributed by atoms with E-state index in [4.69, 9.17) is 9.47 Å². The third-order valence-corrected chi connectivity index (χ3v) is 2.35. The molecule has 62 valence electrons. The molecule has 0 aromatic carbocycles. The second kappa shape index (κ2) is 2.27. The van der Waals surface area contributed by atoms with Crippen molar-refractivity contribution in [3.63, 3.8) is 0 Å². The molecule has 2 rings (SSSR count). The number of aliphatic hydroxyl groups is 1. The van der Waals surface area contributed by atoms with Crippen molar-refractivity contribution in [1.29, 1.82) is 0 Å².